The van der Waals surface area contributed by atoms with Gasteiger partial charge in [0.05, 0.1) is 16.9 Å². The van der Waals surface area contributed by atoms with Crippen LogP contribution in [-0.2, 0) is 4.79 Å². The van der Waals surface area contributed by atoms with Gasteiger partial charge in [0, 0.05) is 20.0 Å². The van der Waals surface area contributed by atoms with Crippen molar-refractivity contribution in [3.05, 3.63) is 39.4 Å². The van der Waals surface area contributed by atoms with Gasteiger partial charge in [-0.05, 0) is 30.8 Å². The van der Waals surface area contributed by atoms with Crippen LogP contribution >= 0.6 is 12.2 Å². The first kappa shape index (κ1) is 13.1. The third-order valence-electron chi connectivity index (χ3n) is 3.81. The van der Waals surface area contributed by atoms with Crippen molar-refractivity contribution in [1.29, 1.82) is 0 Å². The van der Waals surface area contributed by atoms with Crippen LogP contribution < -0.4 is 5.56 Å². The zero-order valence-electron chi connectivity index (χ0n) is 11.1. The Morgan fingerprint density at radius 1 is 1.40 bits per heavy atom. The molecule has 0 unspecified atom stereocenters. The number of fused-ring (bicyclic) bond motifs is 1. The van der Waals surface area contributed by atoms with E-state index in [9.17, 15) is 9.59 Å². The molecular formula is C14H15N3O2S. The van der Waals surface area contributed by atoms with Crippen molar-refractivity contribution < 1.29 is 4.79 Å². The molecule has 0 saturated carbocycles. The van der Waals surface area contributed by atoms with E-state index in [-0.39, 0.29) is 17.5 Å². The molecule has 1 aliphatic rings. The van der Waals surface area contributed by atoms with E-state index in [0.717, 1.165) is 11.9 Å². The van der Waals surface area contributed by atoms with Gasteiger partial charge in [-0.25, -0.2) is 0 Å². The molecule has 5 nitrogen and oxygen atoms in total. The van der Waals surface area contributed by atoms with Crippen LogP contribution in [0.25, 0.3) is 10.9 Å². The molecule has 1 fully saturated rings. The van der Waals surface area contributed by atoms with Crippen LogP contribution in [0.2, 0.25) is 0 Å². The second kappa shape index (κ2) is 4.86. The lowest BCUT2D eigenvalue weighted by atomic mass is 10.2. The number of nitrogens with zero attached hydrogens (tertiary/aromatic N) is 2. The summed E-state index contributed by atoms with van der Waals surface area (Å²) in [6, 6.07) is 7.29. The molecule has 2 aromatic rings. The maximum absolute atomic E-state index is 12.6. The molecule has 2 heterocycles. The normalized spacial score (nSPS) is 18.6. The Bertz CT molecular complexity index is 793. The minimum absolute atomic E-state index is 0.0382. The van der Waals surface area contributed by atoms with Gasteiger partial charge >= 0.3 is 0 Å². The molecule has 0 aliphatic carbocycles. The lowest BCUT2D eigenvalue weighted by Gasteiger charge is -2.16. The van der Waals surface area contributed by atoms with Crippen LogP contribution in [0, 0.1) is 4.77 Å². The zero-order valence-corrected chi connectivity index (χ0v) is 11.9. The number of nitrogens with one attached hydrogen (secondary N) is 1. The average Bonchev–Trinajstić information content (AvgIpc) is 2.88. The number of hydrogen-bond donors (Lipinski definition) is 1. The summed E-state index contributed by atoms with van der Waals surface area (Å²) in [6.07, 6.45) is 0.759. The molecule has 1 saturated heterocycles. The summed E-state index contributed by atoms with van der Waals surface area (Å²) in [5.74, 6) is 0.0382. The number of likely N-dealkylation sites (tertiary alicyclic amines) is 1. The predicted octanol–water partition coefficient (Wildman–Crippen LogP) is 1.85. The minimum atomic E-state index is -0.0836. The monoisotopic (exact) mass is 289 g/mol. The number of amides is 1. The highest BCUT2D eigenvalue weighted by atomic mass is 32.1. The van der Waals surface area contributed by atoms with Crippen molar-refractivity contribution >= 4 is 29.0 Å². The summed E-state index contributed by atoms with van der Waals surface area (Å²) in [5, 5.41) is 0.627. The molecule has 1 aliphatic heterocycles. The fourth-order valence-electron chi connectivity index (χ4n) is 2.75. The molecule has 1 amide bonds. The number of carbonyl (C=O) groups excluding carboxylic acids is 1. The van der Waals surface area contributed by atoms with E-state index in [0.29, 0.717) is 23.2 Å². The summed E-state index contributed by atoms with van der Waals surface area (Å²) in [6.45, 7) is 2.77. The van der Waals surface area contributed by atoms with Gasteiger partial charge in [-0.3, -0.25) is 14.2 Å². The van der Waals surface area contributed by atoms with Gasteiger partial charge in [-0.2, -0.15) is 0 Å². The van der Waals surface area contributed by atoms with Crippen molar-refractivity contribution in [2.45, 2.75) is 19.4 Å². The summed E-state index contributed by atoms with van der Waals surface area (Å²) >= 11 is 5.31. The largest absolute Gasteiger partial charge is 0.341 e. The van der Waals surface area contributed by atoms with E-state index >= 15 is 0 Å². The van der Waals surface area contributed by atoms with Gasteiger partial charge in [0.15, 0.2) is 4.77 Å². The number of aromatic amines is 1. The predicted molar refractivity (Wildman–Crippen MR) is 79.3 cm³/mol. The average molecular weight is 289 g/mol. The van der Waals surface area contributed by atoms with Crippen molar-refractivity contribution in [2.24, 2.45) is 0 Å². The van der Waals surface area contributed by atoms with Crippen LogP contribution in [0.1, 0.15) is 19.4 Å². The van der Waals surface area contributed by atoms with Gasteiger partial charge in [-0.1, -0.05) is 12.1 Å². The standard InChI is InChI=1S/C14H15N3O2S/c1-9(18)16-7-6-10(8-16)17-13(19)11-4-2-3-5-12(11)15-14(17)20/h2-5,10H,6-8H2,1H3,(H,15,20)/t10-/m0/s1. The first-order valence-electron chi connectivity index (χ1n) is 6.57. The summed E-state index contributed by atoms with van der Waals surface area (Å²) in [4.78, 5) is 28.8. The fourth-order valence-corrected chi connectivity index (χ4v) is 3.09. The molecule has 1 atom stereocenters. The van der Waals surface area contributed by atoms with E-state index in [1.807, 2.05) is 18.2 Å². The maximum Gasteiger partial charge on any atom is 0.262 e. The second-order valence-corrected chi connectivity index (χ2v) is 5.45. The van der Waals surface area contributed by atoms with E-state index in [1.54, 1.807) is 22.5 Å². The Morgan fingerprint density at radius 2 is 2.15 bits per heavy atom. The molecular weight excluding hydrogens is 274 g/mol. The maximum atomic E-state index is 12.6. The molecule has 3 rings (SSSR count). The first-order chi connectivity index (χ1) is 9.58. The van der Waals surface area contributed by atoms with Crippen LogP contribution in [-0.4, -0.2) is 33.4 Å². The fraction of sp³-hybridized carbons (Fsp3) is 0.357. The lowest BCUT2D eigenvalue weighted by molar-refractivity contribution is -0.127. The van der Waals surface area contributed by atoms with E-state index in [1.165, 1.54) is 0 Å². The number of aromatic nitrogens is 2. The van der Waals surface area contributed by atoms with Gasteiger partial charge in [0.25, 0.3) is 5.56 Å². The quantitative estimate of drug-likeness (QED) is 0.815. The highest BCUT2D eigenvalue weighted by Crippen LogP contribution is 2.21. The summed E-state index contributed by atoms with van der Waals surface area (Å²) in [5.41, 5.74) is 0.667. The number of H-pyrrole nitrogens is 1. The Labute approximate surface area is 120 Å². The van der Waals surface area contributed by atoms with Gasteiger partial charge in [0.1, 0.15) is 0 Å². The molecule has 1 aromatic heterocycles. The van der Waals surface area contributed by atoms with Gasteiger partial charge < -0.3 is 9.88 Å². The van der Waals surface area contributed by atoms with Crippen molar-refractivity contribution in [3.8, 4) is 0 Å². The molecule has 1 N–H and O–H groups in total. The highest BCUT2D eigenvalue weighted by Gasteiger charge is 2.27. The Balaban J connectivity index is 2.11. The van der Waals surface area contributed by atoms with Crippen LogP contribution in [0.3, 0.4) is 0 Å². The molecule has 0 bridgehead atoms. The zero-order chi connectivity index (χ0) is 14.3. The number of benzene rings is 1. The van der Waals surface area contributed by atoms with Gasteiger partial charge in [-0.15, -0.1) is 0 Å². The Kier molecular flexibility index (Phi) is 3.17. The number of para-hydroxylation sites is 1. The van der Waals surface area contributed by atoms with E-state index in [4.69, 9.17) is 12.2 Å². The van der Waals surface area contributed by atoms with Crippen LogP contribution in [0.15, 0.2) is 29.1 Å². The topological polar surface area (TPSA) is 58.1 Å². The van der Waals surface area contributed by atoms with Crippen LogP contribution in [0.5, 0.6) is 0 Å². The van der Waals surface area contributed by atoms with E-state index in [2.05, 4.69) is 4.98 Å². The van der Waals surface area contributed by atoms with Crippen LogP contribution in [0.4, 0.5) is 0 Å². The molecule has 0 spiro atoms. The van der Waals surface area contributed by atoms with E-state index < -0.39 is 0 Å². The van der Waals surface area contributed by atoms with Crippen molar-refractivity contribution in [3.63, 3.8) is 0 Å². The Morgan fingerprint density at radius 3 is 2.85 bits per heavy atom. The molecule has 0 radical (unpaired) electrons. The second-order valence-electron chi connectivity index (χ2n) is 5.06. The molecule has 6 heteroatoms. The van der Waals surface area contributed by atoms with Crippen molar-refractivity contribution in [2.75, 3.05) is 13.1 Å². The third-order valence-corrected chi connectivity index (χ3v) is 4.11. The number of carbonyl (C=O) groups is 1. The summed E-state index contributed by atoms with van der Waals surface area (Å²) in [7, 11) is 0. The Hall–Kier alpha value is -1.95. The number of hydrogen-bond acceptors (Lipinski definition) is 3. The molecule has 20 heavy (non-hydrogen) atoms. The molecule has 104 valence electrons. The highest BCUT2D eigenvalue weighted by molar-refractivity contribution is 7.71. The van der Waals surface area contributed by atoms with Crippen molar-refractivity contribution in [1.82, 2.24) is 14.5 Å². The smallest absolute Gasteiger partial charge is 0.262 e. The minimum Gasteiger partial charge on any atom is -0.341 e. The molecule has 1 aromatic carbocycles. The number of rotatable bonds is 1. The summed E-state index contributed by atoms with van der Waals surface area (Å²) < 4.78 is 2.03. The van der Waals surface area contributed by atoms with Gasteiger partial charge in [0.2, 0.25) is 5.91 Å². The third kappa shape index (κ3) is 2.06. The lowest BCUT2D eigenvalue weighted by Crippen LogP contribution is -2.30. The SMILES string of the molecule is CC(=O)N1CC[C@H](n2c(=S)[nH]c3ccccc3c2=O)C1. The first-order valence-corrected chi connectivity index (χ1v) is 6.98.